The minimum absolute atomic E-state index is 0.106. The number of aromatic amines is 2. The molecule has 0 amide bonds. The lowest BCUT2D eigenvalue weighted by molar-refractivity contribution is 0.0594. The van der Waals surface area contributed by atoms with Gasteiger partial charge in [0.15, 0.2) is 5.43 Å². The Hall–Kier alpha value is -2.11. The molecule has 0 saturated heterocycles. The number of methoxy groups -OCH3 is 1. The zero-order valence-corrected chi connectivity index (χ0v) is 7.33. The molecule has 6 nitrogen and oxygen atoms in total. The Bertz CT molecular complexity index is 540. The van der Waals surface area contributed by atoms with Gasteiger partial charge in [-0.1, -0.05) is 0 Å². The first-order chi connectivity index (χ1) is 6.72. The number of rotatable bonds is 1. The van der Waals surface area contributed by atoms with Gasteiger partial charge < -0.3 is 9.72 Å². The average Bonchev–Trinajstić information content (AvgIpc) is 2.64. The third kappa shape index (κ3) is 1.17. The molecule has 0 fully saturated rings. The Morgan fingerprint density at radius 2 is 2.36 bits per heavy atom. The Balaban J connectivity index is 2.70. The standard InChI is InChI=1S/C8H7N3O3/c1-14-8(13)5-2-6(12)4-3-9-11-7(4)10-5/h2-3H,1H3,(H2,9,10,11,12). The highest BCUT2D eigenvalue weighted by Crippen LogP contribution is 2.03. The van der Waals surface area contributed by atoms with E-state index >= 15 is 0 Å². The molecule has 0 aliphatic carbocycles. The number of esters is 1. The molecule has 2 N–H and O–H groups in total. The quantitative estimate of drug-likeness (QED) is 0.626. The molecule has 2 aromatic heterocycles. The first-order valence-electron chi connectivity index (χ1n) is 3.87. The van der Waals surface area contributed by atoms with Gasteiger partial charge in [-0.25, -0.2) is 4.79 Å². The van der Waals surface area contributed by atoms with E-state index < -0.39 is 5.97 Å². The van der Waals surface area contributed by atoms with Crippen molar-refractivity contribution in [3.05, 3.63) is 28.2 Å². The molecule has 14 heavy (non-hydrogen) atoms. The maximum Gasteiger partial charge on any atom is 0.354 e. The van der Waals surface area contributed by atoms with Gasteiger partial charge in [-0.3, -0.25) is 9.89 Å². The topological polar surface area (TPSA) is 87.8 Å². The van der Waals surface area contributed by atoms with Crippen molar-refractivity contribution in [2.24, 2.45) is 0 Å². The summed E-state index contributed by atoms with van der Waals surface area (Å²) in [6, 6.07) is 1.18. The van der Waals surface area contributed by atoms with Crippen LogP contribution < -0.4 is 5.43 Å². The van der Waals surface area contributed by atoms with E-state index in [0.717, 1.165) is 0 Å². The molecule has 2 rings (SSSR count). The minimum atomic E-state index is -0.585. The third-order valence-electron chi connectivity index (χ3n) is 1.85. The van der Waals surface area contributed by atoms with Crippen molar-refractivity contribution in [2.45, 2.75) is 0 Å². The smallest absolute Gasteiger partial charge is 0.354 e. The second-order valence-electron chi connectivity index (χ2n) is 2.70. The number of fused-ring (bicyclic) bond motifs is 1. The summed E-state index contributed by atoms with van der Waals surface area (Å²) in [6.07, 6.45) is 1.40. The van der Waals surface area contributed by atoms with Crippen LogP contribution in [0.1, 0.15) is 10.5 Å². The third-order valence-corrected chi connectivity index (χ3v) is 1.85. The fourth-order valence-corrected chi connectivity index (χ4v) is 1.17. The number of carbonyl (C=O) groups excluding carboxylic acids is 1. The molecule has 0 spiro atoms. The maximum absolute atomic E-state index is 11.4. The second kappa shape index (κ2) is 2.99. The average molecular weight is 193 g/mol. The Morgan fingerprint density at radius 1 is 1.57 bits per heavy atom. The molecule has 6 heteroatoms. The highest BCUT2D eigenvalue weighted by atomic mass is 16.5. The van der Waals surface area contributed by atoms with Crippen LogP contribution in [0.2, 0.25) is 0 Å². The number of nitrogens with zero attached hydrogens (tertiary/aromatic N) is 1. The van der Waals surface area contributed by atoms with E-state index in [9.17, 15) is 9.59 Å². The molecule has 2 heterocycles. The first kappa shape index (κ1) is 8.49. The molecule has 0 aromatic carbocycles. The number of H-pyrrole nitrogens is 2. The molecule has 72 valence electrons. The number of pyridine rings is 1. The second-order valence-corrected chi connectivity index (χ2v) is 2.70. The number of ether oxygens (including phenoxy) is 1. The van der Waals surface area contributed by atoms with Gasteiger partial charge in [0, 0.05) is 6.07 Å². The fraction of sp³-hybridized carbons (Fsp3) is 0.125. The summed E-state index contributed by atoms with van der Waals surface area (Å²) in [7, 11) is 1.25. The predicted molar refractivity (Wildman–Crippen MR) is 48.1 cm³/mol. The Labute approximate surface area is 77.9 Å². The molecule has 0 atom stereocenters. The van der Waals surface area contributed by atoms with Crippen LogP contribution in [0.3, 0.4) is 0 Å². The summed E-state index contributed by atoms with van der Waals surface area (Å²) < 4.78 is 4.47. The van der Waals surface area contributed by atoms with Crippen molar-refractivity contribution >= 4 is 17.0 Å². The van der Waals surface area contributed by atoms with Gasteiger partial charge in [-0.2, -0.15) is 5.10 Å². The van der Waals surface area contributed by atoms with E-state index in [-0.39, 0.29) is 11.1 Å². The fourth-order valence-electron chi connectivity index (χ4n) is 1.17. The van der Waals surface area contributed by atoms with Gasteiger partial charge in [-0.15, -0.1) is 0 Å². The van der Waals surface area contributed by atoms with Crippen molar-refractivity contribution in [2.75, 3.05) is 7.11 Å². The normalized spacial score (nSPS) is 10.4. The van der Waals surface area contributed by atoms with Gasteiger partial charge in [-0.05, 0) is 0 Å². The summed E-state index contributed by atoms with van der Waals surface area (Å²) in [5.74, 6) is -0.585. The maximum atomic E-state index is 11.4. The van der Waals surface area contributed by atoms with Crippen LogP contribution in [0.4, 0.5) is 0 Å². The van der Waals surface area contributed by atoms with Crippen LogP contribution in [0.15, 0.2) is 17.1 Å². The van der Waals surface area contributed by atoms with E-state index in [0.29, 0.717) is 11.0 Å². The lowest BCUT2D eigenvalue weighted by Crippen LogP contribution is -2.10. The molecule has 0 saturated carbocycles. The molecule has 2 aromatic rings. The van der Waals surface area contributed by atoms with Gasteiger partial charge in [0.2, 0.25) is 0 Å². The summed E-state index contributed by atoms with van der Waals surface area (Å²) in [6.45, 7) is 0. The van der Waals surface area contributed by atoms with E-state index in [1.54, 1.807) is 0 Å². The number of hydrogen-bond donors (Lipinski definition) is 2. The van der Waals surface area contributed by atoms with Crippen LogP contribution in [-0.2, 0) is 4.74 Å². The highest BCUT2D eigenvalue weighted by molar-refractivity contribution is 5.89. The van der Waals surface area contributed by atoms with Gasteiger partial charge >= 0.3 is 5.97 Å². The summed E-state index contributed by atoms with van der Waals surface area (Å²) >= 11 is 0. The predicted octanol–water partition coefficient (Wildman–Crippen LogP) is 0.0378. The Kier molecular flexibility index (Phi) is 1.81. The highest BCUT2D eigenvalue weighted by Gasteiger charge is 2.09. The number of hydrogen-bond acceptors (Lipinski definition) is 4. The summed E-state index contributed by atoms with van der Waals surface area (Å²) in [5, 5.41) is 6.66. The van der Waals surface area contributed by atoms with Crippen LogP contribution in [0, 0.1) is 0 Å². The van der Waals surface area contributed by atoms with E-state index in [2.05, 4.69) is 19.9 Å². The van der Waals surface area contributed by atoms with Crippen LogP contribution in [0.25, 0.3) is 11.0 Å². The van der Waals surface area contributed by atoms with Crippen molar-refractivity contribution in [3.63, 3.8) is 0 Å². The van der Waals surface area contributed by atoms with Crippen molar-refractivity contribution in [1.29, 1.82) is 0 Å². The van der Waals surface area contributed by atoms with Gasteiger partial charge in [0.25, 0.3) is 0 Å². The van der Waals surface area contributed by atoms with Crippen LogP contribution in [-0.4, -0.2) is 28.3 Å². The molecule has 0 aliphatic rings. The van der Waals surface area contributed by atoms with Crippen molar-refractivity contribution < 1.29 is 9.53 Å². The SMILES string of the molecule is COC(=O)c1cc(=O)c2cn[nH]c2[nH]1. The zero-order chi connectivity index (χ0) is 10.1. The van der Waals surface area contributed by atoms with Crippen molar-refractivity contribution in [1.82, 2.24) is 15.2 Å². The summed E-state index contributed by atoms with van der Waals surface area (Å²) in [4.78, 5) is 25.2. The van der Waals surface area contributed by atoms with Gasteiger partial charge in [0.1, 0.15) is 11.3 Å². The number of nitrogens with one attached hydrogen (secondary N) is 2. The molecule has 0 unspecified atom stereocenters. The lowest BCUT2D eigenvalue weighted by atomic mass is 10.3. The zero-order valence-electron chi connectivity index (χ0n) is 7.33. The van der Waals surface area contributed by atoms with E-state index in [4.69, 9.17) is 0 Å². The summed E-state index contributed by atoms with van der Waals surface area (Å²) in [5.41, 5.74) is 0.250. The number of carbonyl (C=O) groups is 1. The van der Waals surface area contributed by atoms with Crippen LogP contribution in [0.5, 0.6) is 0 Å². The molecular formula is C8H7N3O3. The molecule has 0 radical (unpaired) electrons. The van der Waals surface area contributed by atoms with E-state index in [1.165, 1.54) is 19.4 Å². The minimum Gasteiger partial charge on any atom is -0.464 e. The van der Waals surface area contributed by atoms with Gasteiger partial charge in [0.05, 0.1) is 18.7 Å². The largest absolute Gasteiger partial charge is 0.464 e. The van der Waals surface area contributed by atoms with E-state index in [1.807, 2.05) is 0 Å². The van der Waals surface area contributed by atoms with Crippen molar-refractivity contribution in [3.8, 4) is 0 Å². The number of aromatic nitrogens is 3. The first-order valence-corrected chi connectivity index (χ1v) is 3.87. The molecular weight excluding hydrogens is 186 g/mol. The lowest BCUT2D eigenvalue weighted by Gasteiger charge is -1.98. The van der Waals surface area contributed by atoms with Crippen LogP contribution >= 0.6 is 0 Å². The monoisotopic (exact) mass is 193 g/mol. The molecule has 0 aliphatic heterocycles. The Morgan fingerprint density at radius 3 is 3.07 bits per heavy atom. The molecule has 0 bridgehead atoms.